The van der Waals surface area contributed by atoms with Crippen LogP contribution < -0.4 is 11.1 Å². The summed E-state index contributed by atoms with van der Waals surface area (Å²) in [5.74, 6) is 0. The van der Waals surface area contributed by atoms with Crippen LogP contribution in [0.15, 0.2) is 24.3 Å². The minimum atomic E-state index is -0.445. The Kier molecular flexibility index (Phi) is 3.22. The lowest BCUT2D eigenvalue weighted by atomic mass is 10.1. The summed E-state index contributed by atoms with van der Waals surface area (Å²) in [6, 6.07) is 7.29. The summed E-state index contributed by atoms with van der Waals surface area (Å²) in [5.41, 5.74) is 6.99. The molecule has 0 saturated heterocycles. The normalized spacial score (nSPS) is 12.2. The Hall–Kier alpha value is -1.13. The molecule has 70 valence electrons. The second-order valence-corrected chi connectivity index (χ2v) is 3.23. The van der Waals surface area contributed by atoms with E-state index >= 15 is 0 Å². The lowest BCUT2D eigenvalue weighted by Crippen LogP contribution is -2.18. The van der Waals surface area contributed by atoms with Crippen LogP contribution in [0.4, 0.5) is 5.69 Å². The van der Waals surface area contributed by atoms with Gasteiger partial charge in [-0.2, -0.15) is 0 Å². The lowest BCUT2D eigenvalue weighted by molar-refractivity contribution is 0.199. The van der Waals surface area contributed by atoms with Gasteiger partial charge in [0.05, 0.1) is 6.10 Å². The van der Waals surface area contributed by atoms with Crippen LogP contribution in [-0.4, -0.2) is 10.2 Å². The summed E-state index contributed by atoms with van der Waals surface area (Å²) in [7, 11) is 0. The van der Waals surface area contributed by atoms with Crippen molar-refractivity contribution in [2.24, 2.45) is 5.73 Å². The van der Waals surface area contributed by atoms with Gasteiger partial charge in [0.2, 0.25) is 0 Å². The number of nitrogens with one attached hydrogen (secondary N) is 1. The van der Waals surface area contributed by atoms with E-state index < -0.39 is 6.10 Å². The minimum Gasteiger partial charge on any atom is -0.389 e. The first-order chi connectivity index (χ1) is 6.09. The van der Waals surface area contributed by atoms with Gasteiger partial charge in [-0.15, -0.1) is 0 Å². The van der Waals surface area contributed by atoms with E-state index in [0.29, 0.717) is 0 Å². The molecule has 0 heterocycles. The number of hydrogen-bond donors (Lipinski definition) is 3. The van der Waals surface area contributed by atoms with Gasteiger partial charge in [0.1, 0.15) is 0 Å². The number of anilines is 1. The lowest BCUT2D eigenvalue weighted by Gasteiger charge is -2.06. The van der Waals surface area contributed by atoms with Crippen LogP contribution in [0.25, 0.3) is 0 Å². The van der Waals surface area contributed by atoms with Crippen molar-refractivity contribution in [1.82, 2.24) is 0 Å². The molecule has 1 rings (SSSR count). The van der Waals surface area contributed by atoms with Crippen molar-refractivity contribution in [3.63, 3.8) is 0 Å². The van der Waals surface area contributed by atoms with E-state index in [0.717, 1.165) is 11.3 Å². The molecule has 0 aliphatic rings. The molecule has 0 aliphatic carbocycles. The van der Waals surface area contributed by atoms with Crippen molar-refractivity contribution in [3.8, 4) is 0 Å². The van der Waals surface area contributed by atoms with E-state index in [-0.39, 0.29) is 5.11 Å². The first kappa shape index (κ1) is 9.95. The first-order valence-electron chi connectivity index (χ1n) is 3.94. The van der Waals surface area contributed by atoms with E-state index in [1.807, 2.05) is 24.3 Å². The topological polar surface area (TPSA) is 58.3 Å². The third-order valence-corrected chi connectivity index (χ3v) is 1.76. The molecule has 0 fully saturated rings. The van der Waals surface area contributed by atoms with Crippen molar-refractivity contribution < 1.29 is 5.11 Å². The van der Waals surface area contributed by atoms with Crippen LogP contribution in [0.5, 0.6) is 0 Å². The summed E-state index contributed by atoms with van der Waals surface area (Å²) < 4.78 is 0. The van der Waals surface area contributed by atoms with Gasteiger partial charge in [-0.05, 0) is 36.8 Å². The van der Waals surface area contributed by atoms with Crippen molar-refractivity contribution >= 4 is 23.0 Å². The molecule has 13 heavy (non-hydrogen) atoms. The van der Waals surface area contributed by atoms with Gasteiger partial charge in [-0.3, -0.25) is 0 Å². The molecule has 1 aromatic carbocycles. The standard InChI is InChI=1S/C9H12N2OS/c1-6(12)7-2-4-8(5-3-7)11-9(10)13/h2-6,12H,1H3,(H3,10,11,13). The van der Waals surface area contributed by atoms with Crippen LogP contribution in [0, 0.1) is 0 Å². The Bertz CT molecular complexity index is 295. The Labute approximate surface area is 82.6 Å². The number of nitrogens with two attached hydrogens (primary N) is 1. The smallest absolute Gasteiger partial charge is 0.168 e. The molecular formula is C9H12N2OS. The van der Waals surface area contributed by atoms with E-state index in [1.165, 1.54) is 0 Å². The van der Waals surface area contributed by atoms with Gasteiger partial charge in [0.25, 0.3) is 0 Å². The quantitative estimate of drug-likeness (QED) is 0.626. The fraction of sp³-hybridized carbons (Fsp3) is 0.222. The van der Waals surface area contributed by atoms with Gasteiger partial charge in [-0.25, -0.2) is 0 Å². The molecule has 1 atom stereocenters. The Balaban J connectivity index is 2.75. The third-order valence-electron chi connectivity index (χ3n) is 1.66. The van der Waals surface area contributed by atoms with Crippen LogP contribution >= 0.6 is 12.2 Å². The molecule has 0 radical (unpaired) electrons. The molecule has 0 amide bonds. The fourth-order valence-corrected chi connectivity index (χ4v) is 1.11. The molecule has 3 nitrogen and oxygen atoms in total. The predicted octanol–water partition coefficient (Wildman–Crippen LogP) is 1.40. The van der Waals surface area contributed by atoms with E-state index in [2.05, 4.69) is 17.5 Å². The molecule has 4 heteroatoms. The second-order valence-electron chi connectivity index (χ2n) is 2.79. The van der Waals surface area contributed by atoms with Crippen LogP contribution in [0.1, 0.15) is 18.6 Å². The molecule has 0 spiro atoms. The average Bonchev–Trinajstić information content (AvgIpc) is 2.04. The highest BCUT2D eigenvalue weighted by Gasteiger charge is 1.99. The van der Waals surface area contributed by atoms with Gasteiger partial charge in [0.15, 0.2) is 5.11 Å². The average molecular weight is 196 g/mol. The highest BCUT2D eigenvalue weighted by atomic mass is 32.1. The van der Waals surface area contributed by atoms with Crippen LogP contribution in [0.2, 0.25) is 0 Å². The number of rotatable bonds is 2. The molecule has 4 N–H and O–H groups in total. The van der Waals surface area contributed by atoms with Gasteiger partial charge >= 0.3 is 0 Å². The number of thiocarbonyl (C=S) groups is 1. The number of aliphatic hydroxyl groups is 1. The van der Waals surface area contributed by atoms with Crippen LogP contribution in [0.3, 0.4) is 0 Å². The summed E-state index contributed by atoms with van der Waals surface area (Å²) in [6.45, 7) is 1.72. The maximum absolute atomic E-state index is 9.23. The van der Waals surface area contributed by atoms with Crippen molar-refractivity contribution in [3.05, 3.63) is 29.8 Å². The zero-order valence-electron chi connectivity index (χ0n) is 7.32. The zero-order chi connectivity index (χ0) is 9.84. The second kappa shape index (κ2) is 4.20. The molecule has 0 bridgehead atoms. The predicted molar refractivity (Wildman–Crippen MR) is 57.5 cm³/mol. The first-order valence-corrected chi connectivity index (χ1v) is 4.35. The highest BCUT2D eigenvalue weighted by molar-refractivity contribution is 7.80. The number of hydrogen-bond acceptors (Lipinski definition) is 2. The van der Waals surface area contributed by atoms with Crippen molar-refractivity contribution in [1.29, 1.82) is 0 Å². The van der Waals surface area contributed by atoms with Gasteiger partial charge < -0.3 is 16.2 Å². The molecule has 1 aromatic rings. The van der Waals surface area contributed by atoms with E-state index in [9.17, 15) is 5.11 Å². The number of benzene rings is 1. The molecule has 1 unspecified atom stereocenters. The number of aliphatic hydroxyl groups excluding tert-OH is 1. The van der Waals surface area contributed by atoms with Gasteiger partial charge in [-0.1, -0.05) is 12.1 Å². The molecule has 0 aromatic heterocycles. The Morgan fingerprint density at radius 3 is 2.38 bits per heavy atom. The molecule has 0 aliphatic heterocycles. The van der Waals surface area contributed by atoms with E-state index in [1.54, 1.807) is 6.92 Å². The Morgan fingerprint density at radius 2 is 2.00 bits per heavy atom. The summed E-state index contributed by atoms with van der Waals surface area (Å²) in [6.07, 6.45) is -0.445. The molecular weight excluding hydrogens is 184 g/mol. The Morgan fingerprint density at radius 1 is 1.46 bits per heavy atom. The monoisotopic (exact) mass is 196 g/mol. The minimum absolute atomic E-state index is 0.241. The van der Waals surface area contributed by atoms with Crippen LogP contribution in [-0.2, 0) is 0 Å². The maximum Gasteiger partial charge on any atom is 0.168 e. The van der Waals surface area contributed by atoms with E-state index in [4.69, 9.17) is 5.73 Å². The van der Waals surface area contributed by atoms with Gasteiger partial charge in [0, 0.05) is 5.69 Å². The maximum atomic E-state index is 9.23. The summed E-state index contributed by atoms with van der Waals surface area (Å²) in [4.78, 5) is 0. The molecule has 0 saturated carbocycles. The van der Waals surface area contributed by atoms with Crippen molar-refractivity contribution in [2.75, 3.05) is 5.32 Å². The zero-order valence-corrected chi connectivity index (χ0v) is 8.14. The fourth-order valence-electron chi connectivity index (χ4n) is 0.987. The highest BCUT2D eigenvalue weighted by Crippen LogP contribution is 2.15. The largest absolute Gasteiger partial charge is 0.389 e. The third kappa shape index (κ3) is 3.01. The summed E-state index contributed by atoms with van der Waals surface area (Å²) >= 11 is 4.68. The SMILES string of the molecule is CC(O)c1ccc(NC(N)=S)cc1. The van der Waals surface area contributed by atoms with Crippen molar-refractivity contribution in [2.45, 2.75) is 13.0 Å². The summed E-state index contributed by atoms with van der Waals surface area (Å²) in [5, 5.41) is 12.3.